The van der Waals surface area contributed by atoms with Crippen molar-refractivity contribution in [1.82, 2.24) is 15.1 Å². The van der Waals surface area contributed by atoms with E-state index < -0.39 is 6.04 Å². The number of rotatable bonds is 2. The number of amides is 2. The van der Waals surface area contributed by atoms with Crippen molar-refractivity contribution in [2.75, 3.05) is 5.32 Å². The fraction of sp³-hybridized carbons (Fsp3) is 0.375. The van der Waals surface area contributed by atoms with E-state index in [0.29, 0.717) is 0 Å². The first-order valence-electron chi connectivity index (χ1n) is 4.25. The highest BCUT2D eigenvalue weighted by molar-refractivity contribution is 6.06. The molecule has 1 aliphatic heterocycles. The molecule has 1 aliphatic rings. The molecule has 1 atom stereocenters. The van der Waals surface area contributed by atoms with Crippen LogP contribution in [0.4, 0.5) is 5.82 Å². The smallest absolute Gasteiger partial charge is 0.249 e. The Morgan fingerprint density at radius 3 is 2.93 bits per heavy atom. The van der Waals surface area contributed by atoms with E-state index in [1.165, 1.54) is 0 Å². The summed E-state index contributed by atoms with van der Waals surface area (Å²) in [4.78, 5) is 22.1. The molecule has 0 spiro atoms. The van der Waals surface area contributed by atoms with E-state index >= 15 is 0 Å². The Morgan fingerprint density at radius 2 is 2.43 bits per heavy atom. The predicted octanol–water partition coefficient (Wildman–Crippen LogP) is -0.753. The van der Waals surface area contributed by atoms with Gasteiger partial charge in [-0.3, -0.25) is 19.6 Å². The lowest BCUT2D eigenvalue weighted by molar-refractivity contribution is -0.124. The second kappa shape index (κ2) is 3.13. The van der Waals surface area contributed by atoms with Crippen LogP contribution in [-0.4, -0.2) is 27.6 Å². The summed E-state index contributed by atoms with van der Waals surface area (Å²) < 4.78 is 1.61. The van der Waals surface area contributed by atoms with Crippen molar-refractivity contribution in [3.63, 3.8) is 0 Å². The maximum Gasteiger partial charge on any atom is 0.249 e. The van der Waals surface area contributed by atoms with Gasteiger partial charge in [0.25, 0.3) is 0 Å². The van der Waals surface area contributed by atoms with Crippen LogP contribution in [0.2, 0.25) is 0 Å². The third-order valence-electron chi connectivity index (χ3n) is 2.11. The Kier molecular flexibility index (Phi) is 1.95. The molecule has 1 aromatic heterocycles. The zero-order valence-corrected chi connectivity index (χ0v) is 7.65. The van der Waals surface area contributed by atoms with Crippen LogP contribution in [0.3, 0.4) is 0 Å². The molecule has 2 heterocycles. The van der Waals surface area contributed by atoms with Gasteiger partial charge in [-0.05, 0) is 0 Å². The van der Waals surface area contributed by atoms with Gasteiger partial charge in [-0.2, -0.15) is 5.10 Å². The highest BCUT2D eigenvalue weighted by atomic mass is 16.2. The summed E-state index contributed by atoms with van der Waals surface area (Å²) in [5, 5.41) is 9.11. The lowest BCUT2D eigenvalue weighted by Crippen LogP contribution is -2.30. The van der Waals surface area contributed by atoms with E-state index in [9.17, 15) is 9.59 Å². The quantitative estimate of drug-likeness (QED) is 0.607. The van der Waals surface area contributed by atoms with Crippen LogP contribution in [0, 0.1) is 0 Å². The molecule has 6 heteroatoms. The largest absolute Gasteiger partial charge is 0.358 e. The normalized spacial score (nSPS) is 21.1. The fourth-order valence-electron chi connectivity index (χ4n) is 1.36. The molecule has 14 heavy (non-hydrogen) atoms. The number of hydrogen-bond donors (Lipinski definition) is 2. The lowest BCUT2D eigenvalue weighted by Gasteiger charge is -2.09. The molecular weight excluding hydrogens is 184 g/mol. The number of carbonyl (C=O) groups is 2. The molecular formula is C8H10N4O2. The first kappa shape index (κ1) is 8.74. The molecule has 6 nitrogen and oxygen atoms in total. The zero-order chi connectivity index (χ0) is 10.1. The number of aromatic nitrogens is 2. The molecule has 2 amide bonds. The molecule has 2 N–H and O–H groups in total. The second-order valence-corrected chi connectivity index (χ2v) is 3.15. The average molecular weight is 194 g/mol. The summed E-state index contributed by atoms with van der Waals surface area (Å²) in [7, 11) is 1.76. The van der Waals surface area contributed by atoms with Gasteiger partial charge in [0.15, 0.2) is 0 Å². The highest BCUT2D eigenvalue weighted by Gasteiger charge is 2.30. The molecule has 0 aliphatic carbocycles. The Bertz CT molecular complexity index is 384. The van der Waals surface area contributed by atoms with E-state index in [0.717, 1.165) is 5.82 Å². The van der Waals surface area contributed by atoms with Crippen LogP contribution in [-0.2, 0) is 16.6 Å². The molecule has 1 aromatic rings. The Hall–Kier alpha value is -1.85. The second-order valence-electron chi connectivity index (χ2n) is 3.15. The number of imide groups is 1. The van der Waals surface area contributed by atoms with Crippen LogP contribution in [0.15, 0.2) is 12.3 Å². The summed E-state index contributed by atoms with van der Waals surface area (Å²) in [5.41, 5.74) is 0. The molecule has 74 valence electrons. The van der Waals surface area contributed by atoms with Gasteiger partial charge in [0.2, 0.25) is 11.8 Å². The summed E-state index contributed by atoms with van der Waals surface area (Å²) in [5.74, 6) is 0.200. The van der Waals surface area contributed by atoms with Gasteiger partial charge in [-0.15, -0.1) is 0 Å². The molecule has 1 saturated heterocycles. The predicted molar refractivity (Wildman–Crippen MR) is 48.4 cm³/mol. The van der Waals surface area contributed by atoms with Crippen LogP contribution < -0.4 is 10.6 Å². The van der Waals surface area contributed by atoms with Gasteiger partial charge >= 0.3 is 0 Å². The van der Waals surface area contributed by atoms with Crippen molar-refractivity contribution >= 4 is 17.6 Å². The number of hydrogen-bond acceptors (Lipinski definition) is 4. The summed E-state index contributed by atoms with van der Waals surface area (Å²) >= 11 is 0. The Labute approximate surface area is 80.3 Å². The molecule has 0 aromatic carbocycles. The number of anilines is 1. The number of nitrogens with zero attached hydrogens (tertiary/aromatic N) is 2. The van der Waals surface area contributed by atoms with Crippen molar-refractivity contribution in [2.24, 2.45) is 7.05 Å². The Balaban J connectivity index is 2.09. The van der Waals surface area contributed by atoms with Gasteiger partial charge in [-0.1, -0.05) is 0 Å². The number of nitrogens with one attached hydrogen (secondary N) is 2. The molecule has 0 bridgehead atoms. The molecule has 1 fully saturated rings. The van der Waals surface area contributed by atoms with E-state index in [-0.39, 0.29) is 18.2 Å². The number of carbonyl (C=O) groups excluding carboxylic acids is 2. The average Bonchev–Trinajstić information content (AvgIpc) is 2.62. The van der Waals surface area contributed by atoms with Crippen LogP contribution >= 0.6 is 0 Å². The van der Waals surface area contributed by atoms with Gasteiger partial charge in [-0.25, -0.2) is 0 Å². The maximum absolute atomic E-state index is 11.2. The monoisotopic (exact) mass is 194 g/mol. The van der Waals surface area contributed by atoms with E-state index in [4.69, 9.17) is 0 Å². The molecule has 0 radical (unpaired) electrons. The first-order valence-corrected chi connectivity index (χ1v) is 4.25. The van der Waals surface area contributed by atoms with Crippen LogP contribution in [0.25, 0.3) is 0 Å². The summed E-state index contributed by atoms with van der Waals surface area (Å²) in [6.45, 7) is 0. The van der Waals surface area contributed by atoms with Gasteiger partial charge in [0, 0.05) is 13.1 Å². The standard InChI is InChI=1S/C8H10N4O2/c1-12-6(2-3-9-12)10-5-4-7(13)11-8(5)14/h2-3,5,10H,4H2,1H3,(H,11,13,14). The van der Waals surface area contributed by atoms with E-state index in [1.54, 1.807) is 24.0 Å². The topological polar surface area (TPSA) is 76.0 Å². The van der Waals surface area contributed by atoms with Crippen molar-refractivity contribution in [3.05, 3.63) is 12.3 Å². The molecule has 0 saturated carbocycles. The number of aryl methyl sites for hydroxylation is 1. The van der Waals surface area contributed by atoms with Crippen molar-refractivity contribution < 1.29 is 9.59 Å². The van der Waals surface area contributed by atoms with Crippen molar-refractivity contribution in [2.45, 2.75) is 12.5 Å². The third kappa shape index (κ3) is 1.46. The van der Waals surface area contributed by atoms with Crippen molar-refractivity contribution in [1.29, 1.82) is 0 Å². The highest BCUT2D eigenvalue weighted by Crippen LogP contribution is 2.10. The van der Waals surface area contributed by atoms with Gasteiger partial charge in [0.1, 0.15) is 11.9 Å². The minimum Gasteiger partial charge on any atom is -0.358 e. The first-order chi connectivity index (χ1) is 6.66. The SMILES string of the molecule is Cn1nccc1NC1CC(=O)NC1=O. The summed E-state index contributed by atoms with van der Waals surface area (Å²) in [6, 6.07) is 1.27. The molecule has 1 unspecified atom stereocenters. The van der Waals surface area contributed by atoms with Crippen molar-refractivity contribution in [3.8, 4) is 0 Å². The fourth-order valence-corrected chi connectivity index (χ4v) is 1.36. The zero-order valence-electron chi connectivity index (χ0n) is 7.65. The van der Waals surface area contributed by atoms with E-state index in [1.807, 2.05) is 0 Å². The maximum atomic E-state index is 11.2. The minimum atomic E-state index is -0.474. The lowest BCUT2D eigenvalue weighted by atomic mass is 10.2. The van der Waals surface area contributed by atoms with Crippen LogP contribution in [0.5, 0.6) is 0 Å². The molecule has 2 rings (SSSR count). The van der Waals surface area contributed by atoms with Gasteiger partial charge < -0.3 is 5.32 Å². The third-order valence-corrected chi connectivity index (χ3v) is 2.11. The van der Waals surface area contributed by atoms with Crippen LogP contribution in [0.1, 0.15) is 6.42 Å². The summed E-state index contributed by atoms with van der Waals surface area (Å²) in [6.07, 6.45) is 1.81. The van der Waals surface area contributed by atoms with E-state index in [2.05, 4.69) is 15.7 Å². The minimum absolute atomic E-state index is 0.185. The Morgan fingerprint density at radius 1 is 1.64 bits per heavy atom. The van der Waals surface area contributed by atoms with Gasteiger partial charge in [0.05, 0.1) is 12.6 Å².